The molecule has 0 unspecified atom stereocenters. The van der Waals surface area contributed by atoms with Crippen LogP contribution < -0.4 is 14.8 Å². The fraction of sp³-hybridized carbons (Fsp3) is 0.357. The Bertz CT molecular complexity index is 569. The fourth-order valence-corrected chi connectivity index (χ4v) is 1.75. The van der Waals surface area contributed by atoms with Crippen LogP contribution in [-0.4, -0.2) is 38.1 Å². The molecule has 1 aromatic carbocycles. The molecule has 7 nitrogen and oxygen atoms in total. The number of benzene rings is 1. The first-order chi connectivity index (χ1) is 10.1. The molecule has 0 atom stereocenters. The molecule has 112 valence electrons. The summed E-state index contributed by atoms with van der Waals surface area (Å²) in [5, 5.41) is 2.49. The lowest BCUT2D eigenvalue weighted by atomic mass is 10.1. The summed E-state index contributed by atoms with van der Waals surface area (Å²) < 4.78 is 14.8. The second-order valence-corrected chi connectivity index (χ2v) is 4.37. The minimum absolute atomic E-state index is 0.00915. The van der Waals surface area contributed by atoms with Gasteiger partial charge >= 0.3 is 5.97 Å². The van der Waals surface area contributed by atoms with E-state index in [9.17, 15) is 14.4 Å². The zero-order valence-electron chi connectivity index (χ0n) is 11.5. The SMILES string of the molecule is COC(=O)CCC(=O)CNC(=O)c1ccc2c(c1)OCO2. The van der Waals surface area contributed by atoms with E-state index in [0.29, 0.717) is 17.1 Å². The van der Waals surface area contributed by atoms with Crippen LogP contribution in [0.5, 0.6) is 11.5 Å². The number of methoxy groups -OCH3 is 1. The standard InChI is InChI=1S/C14H15NO6/c1-19-13(17)5-3-10(16)7-15-14(18)9-2-4-11-12(6-9)21-8-20-11/h2,4,6H,3,5,7-8H2,1H3,(H,15,18). The highest BCUT2D eigenvalue weighted by Crippen LogP contribution is 2.32. The Kier molecular flexibility index (Phi) is 4.76. The topological polar surface area (TPSA) is 90.9 Å². The van der Waals surface area contributed by atoms with E-state index in [2.05, 4.69) is 10.1 Å². The first-order valence-electron chi connectivity index (χ1n) is 6.36. The van der Waals surface area contributed by atoms with Crippen LogP contribution in [0.3, 0.4) is 0 Å². The maximum atomic E-state index is 11.9. The predicted molar refractivity (Wildman–Crippen MR) is 71.2 cm³/mol. The zero-order valence-corrected chi connectivity index (χ0v) is 11.5. The minimum atomic E-state index is -0.453. The van der Waals surface area contributed by atoms with Gasteiger partial charge in [-0.1, -0.05) is 0 Å². The lowest BCUT2D eigenvalue weighted by Crippen LogP contribution is -2.29. The Balaban J connectivity index is 1.82. The number of rotatable bonds is 6. The number of carbonyl (C=O) groups excluding carboxylic acids is 3. The van der Waals surface area contributed by atoms with Gasteiger partial charge in [-0.3, -0.25) is 14.4 Å². The molecule has 0 radical (unpaired) electrons. The van der Waals surface area contributed by atoms with Crippen molar-refractivity contribution >= 4 is 17.7 Å². The summed E-state index contributed by atoms with van der Waals surface area (Å²) in [7, 11) is 1.26. The Morgan fingerprint density at radius 1 is 1.19 bits per heavy atom. The first-order valence-corrected chi connectivity index (χ1v) is 6.36. The van der Waals surface area contributed by atoms with Crippen LogP contribution in [0.15, 0.2) is 18.2 Å². The largest absolute Gasteiger partial charge is 0.469 e. The molecular formula is C14H15NO6. The first kappa shape index (κ1) is 14.8. The van der Waals surface area contributed by atoms with E-state index < -0.39 is 5.97 Å². The van der Waals surface area contributed by atoms with Gasteiger partial charge in [0.1, 0.15) is 0 Å². The predicted octanol–water partition coefficient (Wildman–Crippen LogP) is 0.667. The van der Waals surface area contributed by atoms with Crippen molar-refractivity contribution in [1.82, 2.24) is 5.32 Å². The van der Waals surface area contributed by atoms with E-state index in [1.807, 2.05) is 0 Å². The lowest BCUT2D eigenvalue weighted by Gasteiger charge is -2.05. The fourth-order valence-electron chi connectivity index (χ4n) is 1.75. The van der Waals surface area contributed by atoms with Crippen molar-refractivity contribution < 1.29 is 28.6 Å². The van der Waals surface area contributed by atoms with Crippen LogP contribution >= 0.6 is 0 Å². The Labute approximate surface area is 121 Å². The highest BCUT2D eigenvalue weighted by molar-refractivity contribution is 5.97. The lowest BCUT2D eigenvalue weighted by molar-refractivity contribution is -0.141. The van der Waals surface area contributed by atoms with Gasteiger partial charge in [0.2, 0.25) is 6.79 Å². The van der Waals surface area contributed by atoms with Crippen LogP contribution in [0.2, 0.25) is 0 Å². The molecule has 1 N–H and O–H groups in total. The van der Waals surface area contributed by atoms with Crippen LogP contribution in [0.25, 0.3) is 0 Å². The molecule has 0 bridgehead atoms. The van der Waals surface area contributed by atoms with E-state index in [0.717, 1.165) is 0 Å². The number of fused-ring (bicyclic) bond motifs is 1. The number of carbonyl (C=O) groups is 3. The van der Waals surface area contributed by atoms with E-state index in [1.54, 1.807) is 18.2 Å². The number of hydrogen-bond donors (Lipinski definition) is 1. The number of nitrogens with one attached hydrogen (secondary N) is 1. The average Bonchev–Trinajstić information content (AvgIpc) is 2.97. The smallest absolute Gasteiger partial charge is 0.305 e. The summed E-state index contributed by atoms with van der Waals surface area (Å²) in [5.74, 6) is 0.0000288. The molecule has 0 saturated heterocycles. The highest BCUT2D eigenvalue weighted by Gasteiger charge is 2.16. The quantitative estimate of drug-likeness (QED) is 0.775. The van der Waals surface area contributed by atoms with Gasteiger partial charge in [0.15, 0.2) is 17.3 Å². The molecule has 0 spiro atoms. The van der Waals surface area contributed by atoms with Crippen LogP contribution in [-0.2, 0) is 14.3 Å². The molecule has 0 aliphatic carbocycles. The van der Waals surface area contributed by atoms with Crippen molar-refractivity contribution in [2.24, 2.45) is 0 Å². The van der Waals surface area contributed by atoms with Gasteiger partial charge in [-0.2, -0.15) is 0 Å². The molecular weight excluding hydrogens is 278 g/mol. The second-order valence-electron chi connectivity index (χ2n) is 4.37. The summed E-state index contributed by atoms with van der Waals surface area (Å²) >= 11 is 0. The van der Waals surface area contributed by atoms with Gasteiger partial charge in [-0.25, -0.2) is 0 Å². The Morgan fingerprint density at radius 3 is 2.71 bits per heavy atom. The molecule has 7 heteroatoms. The van der Waals surface area contributed by atoms with Crippen molar-refractivity contribution in [2.45, 2.75) is 12.8 Å². The highest BCUT2D eigenvalue weighted by atomic mass is 16.7. The third-order valence-corrected chi connectivity index (χ3v) is 2.92. The summed E-state index contributed by atoms with van der Waals surface area (Å²) in [6.07, 6.45) is 0.0450. The molecule has 1 aromatic rings. The van der Waals surface area contributed by atoms with Crippen LogP contribution in [0.1, 0.15) is 23.2 Å². The summed E-state index contributed by atoms with van der Waals surface area (Å²) in [5.41, 5.74) is 0.375. The van der Waals surface area contributed by atoms with Gasteiger partial charge in [-0.15, -0.1) is 0 Å². The molecule has 1 heterocycles. The van der Waals surface area contributed by atoms with Gasteiger partial charge in [0.25, 0.3) is 5.91 Å². The van der Waals surface area contributed by atoms with Gasteiger partial charge in [0.05, 0.1) is 20.1 Å². The molecule has 0 fully saturated rings. The molecule has 0 saturated carbocycles. The van der Waals surface area contributed by atoms with Gasteiger partial charge < -0.3 is 19.5 Å². The molecule has 1 amide bonds. The summed E-state index contributed by atoms with van der Waals surface area (Å²) in [4.78, 5) is 34.3. The monoisotopic (exact) mass is 293 g/mol. The number of esters is 1. The van der Waals surface area contributed by atoms with Crippen LogP contribution in [0.4, 0.5) is 0 Å². The average molecular weight is 293 g/mol. The molecule has 1 aliphatic heterocycles. The summed E-state index contributed by atoms with van der Waals surface area (Å²) in [6.45, 7) is -0.00328. The maximum absolute atomic E-state index is 11.9. The molecule has 2 rings (SSSR count). The number of Topliss-reactive ketones (excluding diaryl/α,β-unsaturated/α-hetero) is 1. The molecule has 21 heavy (non-hydrogen) atoms. The van der Waals surface area contributed by atoms with Crippen molar-refractivity contribution in [3.8, 4) is 11.5 Å². The van der Waals surface area contributed by atoms with E-state index in [1.165, 1.54) is 7.11 Å². The van der Waals surface area contributed by atoms with Crippen molar-refractivity contribution in [3.05, 3.63) is 23.8 Å². The summed E-state index contributed by atoms with van der Waals surface area (Å²) in [6, 6.07) is 4.77. The third kappa shape index (κ3) is 3.95. The van der Waals surface area contributed by atoms with E-state index in [4.69, 9.17) is 9.47 Å². The third-order valence-electron chi connectivity index (χ3n) is 2.92. The van der Waals surface area contributed by atoms with Crippen LogP contribution in [0, 0.1) is 0 Å². The van der Waals surface area contributed by atoms with E-state index >= 15 is 0 Å². The number of ketones is 1. The zero-order chi connectivity index (χ0) is 15.2. The maximum Gasteiger partial charge on any atom is 0.305 e. The number of amides is 1. The van der Waals surface area contributed by atoms with Crippen molar-refractivity contribution in [2.75, 3.05) is 20.4 Å². The normalized spacial score (nSPS) is 11.9. The number of ether oxygens (including phenoxy) is 3. The van der Waals surface area contributed by atoms with Gasteiger partial charge in [-0.05, 0) is 18.2 Å². The Morgan fingerprint density at radius 2 is 1.95 bits per heavy atom. The molecule has 1 aliphatic rings. The minimum Gasteiger partial charge on any atom is -0.469 e. The second kappa shape index (κ2) is 6.74. The van der Waals surface area contributed by atoms with Crippen molar-refractivity contribution in [1.29, 1.82) is 0 Å². The van der Waals surface area contributed by atoms with Crippen molar-refractivity contribution in [3.63, 3.8) is 0 Å². The van der Waals surface area contributed by atoms with Gasteiger partial charge in [0, 0.05) is 12.0 Å². The van der Waals surface area contributed by atoms with E-state index in [-0.39, 0.29) is 37.9 Å². The Hall–Kier alpha value is -2.57. The molecule has 0 aromatic heterocycles. The number of hydrogen-bond acceptors (Lipinski definition) is 6.